The number of carbonyl (C=O) groups is 1. The Kier molecular flexibility index (Phi) is 5.65. The van der Waals surface area contributed by atoms with Crippen LogP contribution in [0.4, 0.5) is 14.6 Å². The van der Waals surface area contributed by atoms with Crippen molar-refractivity contribution in [2.45, 2.75) is 6.54 Å². The van der Waals surface area contributed by atoms with E-state index in [9.17, 15) is 13.6 Å². The highest BCUT2D eigenvalue weighted by Gasteiger charge is 2.21. The van der Waals surface area contributed by atoms with Gasteiger partial charge in [0.15, 0.2) is 11.6 Å². The summed E-state index contributed by atoms with van der Waals surface area (Å²) in [6.45, 7) is 0.266. The Morgan fingerprint density at radius 1 is 1.25 bits per heavy atom. The first kappa shape index (κ1) is 19.4. The van der Waals surface area contributed by atoms with Crippen LogP contribution in [0, 0.1) is 11.8 Å². The van der Waals surface area contributed by atoms with E-state index in [1.165, 1.54) is 0 Å². The van der Waals surface area contributed by atoms with Crippen LogP contribution in [0.25, 0.3) is 11.4 Å². The molecule has 0 aliphatic rings. The molecule has 0 radical (unpaired) electrons. The van der Waals surface area contributed by atoms with E-state index >= 15 is 0 Å². The van der Waals surface area contributed by atoms with E-state index in [0.717, 1.165) is 17.8 Å². The zero-order valence-electron chi connectivity index (χ0n) is 14.4. The Morgan fingerprint density at radius 3 is 2.57 bits per heavy atom. The summed E-state index contributed by atoms with van der Waals surface area (Å²) in [6, 6.07) is 7.97. The number of anilines is 1. The number of carboxylic acid groups (broad SMARTS) is 1. The van der Waals surface area contributed by atoms with Crippen LogP contribution in [-0.4, -0.2) is 33.1 Å². The van der Waals surface area contributed by atoms with E-state index in [1.54, 1.807) is 31.4 Å². The van der Waals surface area contributed by atoms with Crippen molar-refractivity contribution in [2.75, 3.05) is 12.4 Å². The summed E-state index contributed by atoms with van der Waals surface area (Å²) in [6.07, 6.45) is 1.08. The molecule has 0 aliphatic heterocycles. The molecule has 0 atom stereocenters. The van der Waals surface area contributed by atoms with Crippen molar-refractivity contribution in [1.29, 1.82) is 0 Å². The third-order valence-corrected chi connectivity index (χ3v) is 3.94. The van der Waals surface area contributed by atoms with Gasteiger partial charge in [-0.2, -0.15) is 4.39 Å². The lowest BCUT2D eigenvalue weighted by Gasteiger charge is -2.09. The number of aromatic nitrogens is 3. The summed E-state index contributed by atoms with van der Waals surface area (Å²) in [4.78, 5) is 22.3. The van der Waals surface area contributed by atoms with Crippen molar-refractivity contribution in [3.05, 3.63) is 64.6 Å². The van der Waals surface area contributed by atoms with Crippen molar-refractivity contribution in [1.82, 2.24) is 15.0 Å². The number of carboxylic acids is 1. The topological polar surface area (TPSA) is 97.2 Å². The third-order valence-electron chi connectivity index (χ3n) is 3.75. The second-order valence-electron chi connectivity index (χ2n) is 5.56. The van der Waals surface area contributed by atoms with E-state index in [0.29, 0.717) is 5.75 Å². The molecule has 2 aromatic heterocycles. The number of nitrogens with one attached hydrogen (secondary N) is 1. The highest BCUT2D eigenvalue weighted by Crippen LogP contribution is 2.25. The minimum absolute atomic E-state index is 0.152. The maximum atomic E-state index is 14.3. The van der Waals surface area contributed by atoms with Gasteiger partial charge >= 0.3 is 5.97 Å². The number of hydrogen-bond acceptors (Lipinski definition) is 6. The predicted octanol–water partition coefficient (Wildman–Crippen LogP) is 3.79. The molecule has 0 saturated carbocycles. The number of rotatable bonds is 6. The fourth-order valence-electron chi connectivity index (χ4n) is 2.35. The minimum atomic E-state index is -1.53. The van der Waals surface area contributed by atoms with Crippen LogP contribution in [0.1, 0.15) is 15.9 Å². The van der Waals surface area contributed by atoms with Crippen molar-refractivity contribution in [2.24, 2.45) is 0 Å². The van der Waals surface area contributed by atoms with Gasteiger partial charge in [0, 0.05) is 6.54 Å². The van der Waals surface area contributed by atoms with E-state index in [-0.39, 0.29) is 23.2 Å². The Morgan fingerprint density at radius 2 is 1.96 bits per heavy atom. The van der Waals surface area contributed by atoms with Gasteiger partial charge in [-0.1, -0.05) is 23.7 Å². The quantitative estimate of drug-likeness (QED) is 0.601. The molecule has 144 valence electrons. The fraction of sp³-hybridized carbons (Fsp3) is 0.111. The fourth-order valence-corrected chi connectivity index (χ4v) is 2.55. The zero-order valence-corrected chi connectivity index (χ0v) is 15.2. The number of pyridine rings is 1. The number of ether oxygens (including phenoxy) is 1. The van der Waals surface area contributed by atoms with Gasteiger partial charge < -0.3 is 15.2 Å². The lowest BCUT2D eigenvalue weighted by atomic mass is 10.2. The number of halogens is 3. The van der Waals surface area contributed by atoms with Crippen LogP contribution >= 0.6 is 11.6 Å². The van der Waals surface area contributed by atoms with Gasteiger partial charge in [-0.15, -0.1) is 0 Å². The Labute approximate surface area is 163 Å². The van der Waals surface area contributed by atoms with Gasteiger partial charge in [0.25, 0.3) is 5.95 Å². The molecule has 2 heterocycles. The maximum Gasteiger partial charge on any atom is 0.338 e. The van der Waals surface area contributed by atoms with E-state index in [2.05, 4.69) is 20.3 Å². The summed E-state index contributed by atoms with van der Waals surface area (Å²) in [7, 11) is 1.55. The van der Waals surface area contributed by atoms with Gasteiger partial charge in [-0.05, 0) is 23.8 Å². The Bertz CT molecular complexity index is 1030. The van der Waals surface area contributed by atoms with Crippen molar-refractivity contribution >= 4 is 23.4 Å². The van der Waals surface area contributed by atoms with E-state index in [4.69, 9.17) is 21.4 Å². The van der Waals surface area contributed by atoms with Crippen LogP contribution < -0.4 is 10.1 Å². The van der Waals surface area contributed by atoms with Gasteiger partial charge in [0.2, 0.25) is 0 Å². The van der Waals surface area contributed by atoms with Crippen LogP contribution in [0.2, 0.25) is 5.15 Å². The molecular formula is C18H13ClF2N4O3. The van der Waals surface area contributed by atoms with Gasteiger partial charge in [-0.3, -0.25) is 0 Å². The van der Waals surface area contributed by atoms with Crippen molar-refractivity contribution in [3.63, 3.8) is 0 Å². The van der Waals surface area contributed by atoms with E-state index < -0.39 is 29.0 Å². The van der Waals surface area contributed by atoms with E-state index in [1.807, 2.05) is 0 Å². The molecule has 3 aromatic rings. The molecule has 0 amide bonds. The summed E-state index contributed by atoms with van der Waals surface area (Å²) in [5.74, 6) is -3.17. The number of benzene rings is 1. The number of hydrogen-bond donors (Lipinski definition) is 2. The average molecular weight is 407 g/mol. The molecule has 3 rings (SSSR count). The molecule has 7 nitrogen and oxygen atoms in total. The average Bonchev–Trinajstić information content (AvgIpc) is 2.68. The molecule has 0 bridgehead atoms. The zero-order chi connectivity index (χ0) is 20.3. The summed E-state index contributed by atoms with van der Waals surface area (Å²) in [5.41, 5.74) is -0.633. The molecule has 0 unspecified atom stereocenters. The van der Waals surface area contributed by atoms with Crippen molar-refractivity contribution < 1.29 is 23.4 Å². The first-order chi connectivity index (χ1) is 13.4. The first-order valence-corrected chi connectivity index (χ1v) is 8.26. The highest BCUT2D eigenvalue weighted by atomic mass is 35.5. The molecule has 1 aromatic carbocycles. The van der Waals surface area contributed by atoms with Crippen LogP contribution in [0.15, 0.2) is 36.5 Å². The minimum Gasteiger partial charge on any atom is -0.497 e. The summed E-state index contributed by atoms with van der Waals surface area (Å²) < 4.78 is 33.7. The maximum absolute atomic E-state index is 14.3. The number of aromatic carboxylic acids is 1. The Balaban J connectivity index is 1.83. The van der Waals surface area contributed by atoms with Gasteiger partial charge in [0.1, 0.15) is 27.9 Å². The lowest BCUT2D eigenvalue weighted by molar-refractivity contribution is 0.0692. The molecule has 2 N–H and O–H groups in total. The number of nitrogens with zero attached hydrogens (tertiary/aromatic N) is 3. The Hall–Kier alpha value is -3.33. The van der Waals surface area contributed by atoms with Crippen LogP contribution in [0.5, 0.6) is 5.75 Å². The number of methoxy groups -OCH3 is 1. The van der Waals surface area contributed by atoms with Crippen LogP contribution in [-0.2, 0) is 6.54 Å². The third kappa shape index (κ3) is 4.15. The van der Waals surface area contributed by atoms with Gasteiger partial charge in [0.05, 0.1) is 13.3 Å². The second kappa shape index (κ2) is 8.13. The molecule has 0 saturated heterocycles. The molecule has 10 heteroatoms. The standard InChI is InChI=1S/C18H13ClF2N4O3/c1-28-10-4-2-9(3-5-10)7-22-17-16(21)24-12(8-23-17)15-14(20)11(18(26)27)6-13(19)25-15/h2-6,8H,7H2,1H3,(H,22,23)(H,26,27). The first-order valence-electron chi connectivity index (χ1n) is 7.88. The second-order valence-corrected chi connectivity index (χ2v) is 5.94. The molecular weight excluding hydrogens is 394 g/mol. The summed E-state index contributed by atoms with van der Waals surface area (Å²) >= 11 is 5.72. The smallest absolute Gasteiger partial charge is 0.338 e. The molecule has 0 spiro atoms. The molecule has 0 aliphatic carbocycles. The lowest BCUT2D eigenvalue weighted by Crippen LogP contribution is -2.08. The largest absolute Gasteiger partial charge is 0.497 e. The van der Waals surface area contributed by atoms with Crippen molar-refractivity contribution in [3.8, 4) is 17.1 Å². The van der Waals surface area contributed by atoms with Gasteiger partial charge in [-0.25, -0.2) is 24.1 Å². The molecule has 0 fully saturated rings. The normalized spacial score (nSPS) is 10.6. The monoisotopic (exact) mass is 406 g/mol. The predicted molar refractivity (Wildman–Crippen MR) is 97.5 cm³/mol. The molecule has 28 heavy (non-hydrogen) atoms. The summed E-state index contributed by atoms with van der Waals surface area (Å²) in [5, 5.41) is 11.5. The SMILES string of the molecule is COc1ccc(CNc2ncc(-c3nc(Cl)cc(C(=O)O)c3F)nc2F)cc1. The highest BCUT2D eigenvalue weighted by molar-refractivity contribution is 6.29. The van der Waals surface area contributed by atoms with Crippen LogP contribution in [0.3, 0.4) is 0 Å².